The summed E-state index contributed by atoms with van der Waals surface area (Å²) >= 11 is 0. The number of ether oxygens (including phenoxy) is 1. The normalized spacial score (nSPS) is 21.9. The molecule has 1 aromatic carbocycles. The number of amides is 1. The maximum Gasteiger partial charge on any atom is 0.329 e. The predicted molar refractivity (Wildman–Crippen MR) is 234 cm³/mol. The van der Waals surface area contributed by atoms with Gasteiger partial charge in [-0.1, -0.05) is 12.1 Å². The van der Waals surface area contributed by atoms with Gasteiger partial charge in [-0.05, 0) is 120 Å². The molecule has 2 saturated heterocycles. The van der Waals surface area contributed by atoms with Gasteiger partial charge in [0.1, 0.15) is 17.2 Å². The molecule has 2 aliphatic carbocycles. The molecule has 1 amide bonds. The highest BCUT2D eigenvalue weighted by Crippen LogP contribution is 2.36. The van der Waals surface area contributed by atoms with Crippen molar-refractivity contribution in [2.45, 2.75) is 108 Å². The van der Waals surface area contributed by atoms with E-state index in [1.165, 1.54) is 17.1 Å². The monoisotopic (exact) mass is 868 g/mol. The second-order valence-electron chi connectivity index (χ2n) is 18.2. The number of carbonyl (C=O) groups is 3. The van der Waals surface area contributed by atoms with Gasteiger partial charge < -0.3 is 19.9 Å². The Morgan fingerprint density at radius 3 is 2.51 bits per heavy atom. The minimum Gasteiger partial charge on any atom is -0.381 e. The number of alkyl halides is 2. The Morgan fingerprint density at radius 2 is 1.75 bits per heavy atom. The van der Waals surface area contributed by atoms with Crippen LogP contribution in [0.5, 0.6) is 0 Å². The number of piperidine rings is 2. The van der Waals surface area contributed by atoms with Crippen LogP contribution in [0.1, 0.15) is 124 Å². The topological polar surface area (TPSA) is 154 Å². The summed E-state index contributed by atoms with van der Waals surface area (Å²) in [6, 6.07) is 7.13. The van der Waals surface area contributed by atoms with Gasteiger partial charge >= 0.3 is 5.69 Å². The van der Waals surface area contributed by atoms with Crippen LogP contribution >= 0.6 is 0 Å². The van der Waals surface area contributed by atoms with Crippen molar-refractivity contribution in [2.24, 2.45) is 18.9 Å². The molecule has 1 atom stereocenters. The van der Waals surface area contributed by atoms with Gasteiger partial charge in [0.15, 0.2) is 17.1 Å². The Bertz CT molecular complexity index is 2500. The van der Waals surface area contributed by atoms with E-state index in [1.54, 1.807) is 33.3 Å². The molecule has 15 nitrogen and oxygen atoms in total. The molecule has 6 heterocycles. The zero-order chi connectivity index (χ0) is 43.6. The average Bonchev–Trinajstić information content (AvgIpc) is 3.99. The molecule has 0 radical (unpaired) electrons. The van der Waals surface area contributed by atoms with Crippen LogP contribution in [0.15, 0.2) is 47.7 Å². The van der Waals surface area contributed by atoms with Gasteiger partial charge in [-0.2, -0.15) is 10.2 Å². The molecule has 9 rings (SSSR count). The number of para-hydroxylation sites is 1. The van der Waals surface area contributed by atoms with Crippen LogP contribution in [0.2, 0.25) is 0 Å². The summed E-state index contributed by atoms with van der Waals surface area (Å²) in [7, 11) is 1.75. The predicted octanol–water partition coefficient (Wildman–Crippen LogP) is 6.72. The van der Waals surface area contributed by atoms with Crippen molar-refractivity contribution < 1.29 is 27.9 Å². The summed E-state index contributed by atoms with van der Waals surface area (Å²) in [4.78, 5) is 60.8. The van der Waals surface area contributed by atoms with E-state index in [0.717, 1.165) is 126 Å². The lowest BCUT2D eigenvalue weighted by molar-refractivity contribution is -0.132. The second kappa shape index (κ2) is 18.8. The summed E-state index contributed by atoms with van der Waals surface area (Å²) in [5, 5.41) is 11.3. The Morgan fingerprint density at radius 1 is 0.952 bits per heavy atom. The van der Waals surface area contributed by atoms with Gasteiger partial charge in [0, 0.05) is 58.7 Å². The van der Waals surface area contributed by atoms with Crippen molar-refractivity contribution in [2.75, 3.05) is 56.2 Å². The number of aromatic nitrogens is 7. The van der Waals surface area contributed by atoms with Crippen molar-refractivity contribution in [1.29, 1.82) is 0 Å². The number of fused-ring (bicyclic) bond motifs is 2. The Hall–Kier alpha value is -5.29. The molecule has 2 aliphatic heterocycles. The zero-order valence-electron chi connectivity index (χ0n) is 36.1. The number of rotatable bonds is 14. The average molecular weight is 869 g/mol. The highest BCUT2D eigenvalue weighted by atomic mass is 19.3. The molecule has 2 saturated carbocycles. The van der Waals surface area contributed by atoms with E-state index in [1.807, 2.05) is 24.3 Å². The van der Waals surface area contributed by atoms with Crippen molar-refractivity contribution in [3.63, 3.8) is 0 Å². The first-order valence-corrected chi connectivity index (χ1v) is 22.9. The molecule has 5 aromatic rings. The van der Waals surface area contributed by atoms with Crippen molar-refractivity contribution in [3.8, 4) is 0 Å². The Kier molecular flexibility index (Phi) is 12.8. The number of carbonyl (C=O) groups excluding carboxylic acids is 3. The summed E-state index contributed by atoms with van der Waals surface area (Å²) in [5.74, 6) is 1.03. The van der Waals surface area contributed by atoms with Crippen LogP contribution in [0.3, 0.4) is 0 Å². The molecule has 1 N–H and O–H groups in total. The minimum absolute atomic E-state index is 0.0146. The fraction of sp³-hybridized carbons (Fsp3) is 0.587. The van der Waals surface area contributed by atoms with Gasteiger partial charge in [0.25, 0.3) is 12.3 Å². The van der Waals surface area contributed by atoms with E-state index in [2.05, 4.69) is 25.3 Å². The first kappa shape index (κ1) is 43.0. The summed E-state index contributed by atoms with van der Waals surface area (Å²) in [6.07, 6.45) is 13.2. The van der Waals surface area contributed by atoms with Crippen molar-refractivity contribution >= 4 is 45.7 Å². The summed E-state index contributed by atoms with van der Waals surface area (Å²) in [5.41, 5.74) is 2.60. The molecule has 0 spiro atoms. The van der Waals surface area contributed by atoms with Crippen molar-refractivity contribution in [1.82, 2.24) is 38.4 Å². The molecule has 336 valence electrons. The molecule has 0 bridgehead atoms. The standard InChI is InChI=1S/C46H58F2N10O5/c1-53-42-32(7-5-9-38(42)58(46(53)62)37-15-14-34(59)25-39(37)60)8-6-24-63-29-31-16-21-54(22-17-31)27-30-10-12-33(13-11-30)57-28-36(41(52-57)43(47)48)50-45(61)35-26-49-56-23-18-40(51-44(35)56)55-19-3-2-4-20-55/h5,7,9,18,23,26,28,30-31,33,37,43H,2-4,6,8,10-17,19-22,24-25,27,29H2,1H3,(H,50,61). The number of ketones is 2. The highest BCUT2D eigenvalue weighted by molar-refractivity contribution is 6.08. The van der Waals surface area contributed by atoms with E-state index in [-0.39, 0.29) is 41.0 Å². The third-order valence-corrected chi connectivity index (χ3v) is 13.9. The number of hydrogen-bond donors (Lipinski definition) is 1. The van der Waals surface area contributed by atoms with Crippen LogP contribution in [-0.4, -0.2) is 102 Å². The molecule has 4 aromatic heterocycles. The summed E-state index contributed by atoms with van der Waals surface area (Å²) < 4.78 is 41.1. The molecule has 4 aliphatic rings. The van der Waals surface area contributed by atoms with Crippen LogP contribution in [-0.2, 0) is 27.8 Å². The first-order valence-electron chi connectivity index (χ1n) is 22.9. The lowest BCUT2D eigenvalue weighted by Crippen LogP contribution is -2.39. The number of halogens is 2. The fourth-order valence-corrected chi connectivity index (χ4v) is 10.4. The maximum atomic E-state index is 14.3. The number of nitrogens with zero attached hydrogens (tertiary/aromatic N) is 9. The van der Waals surface area contributed by atoms with Crippen LogP contribution in [0.4, 0.5) is 20.3 Å². The largest absolute Gasteiger partial charge is 0.381 e. The molecule has 1 unspecified atom stereocenters. The Labute approximate surface area is 364 Å². The summed E-state index contributed by atoms with van der Waals surface area (Å²) in [6.45, 7) is 6.24. The number of benzene rings is 1. The third kappa shape index (κ3) is 9.22. The number of anilines is 2. The first-order chi connectivity index (χ1) is 30.6. The fourth-order valence-electron chi connectivity index (χ4n) is 10.4. The molecular weight excluding hydrogens is 811 g/mol. The van der Waals surface area contributed by atoms with Gasteiger partial charge in [-0.25, -0.2) is 23.1 Å². The van der Waals surface area contributed by atoms with Crippen molar-refractivity contribution in [3.05, 3.63) is 70.2 Å². The minimum atomic E-state index is -2.84. The van der Waals surface area contributed by atoms with E-state index in [9.17, 15) is 28.0 Å². The number of hydrogen-bond acceptors (Lipinski definition) is 10. The number of nitrogens with one attached hydrogen (secondary N) is 1. The maximum absolute atomic E-state index is 14.3. The third-order valence-electron chi connectivity index (χ3n) is 13.9. The Balaban J connectivity index is 0.712. The van der Waals surface area contributed by atoms with Crippen LogP contribution in [0.25, 0.3) is 16.7 Å². The van der Waals surface area contributed by atoms with E-state index < -0.39 is 24.1 Å². The number of likely N-dealkylation sites (tertiary alicyclic amines) is 1. The van der Waals surface area contributed by atoms with E-state index >= 15 is 0 Å². The molecule has 4 fully saturated rings. The zero-order valence-corrected chi connectivity index (χ0v) is 36.1. The van der Waals surface area contributed by atoms with Gasteiger partial charge in [-0.15, -0.1) is 0 Å². The lowest BCUT2D eigenvalue weighted by atomic mass is 9.85. The van der Waals surface area contributed by atoms with E-state index in [4.69, 9.17) is 9.72 Å². The molecular formula is C46H58F2N10O5. The SMILES string of the molecule is Cn1c(=O)n(C2CCC(=O)CC2=O)c2cccc(CCCOCC3CCN(CC4CCC(n5cc(NC(=O)c6cnn7ccc(N8CCCCC8)nc67)c(C(F)F)n5)CC4)CC3)c21. The van der Waals surface area contributed by atoms with Crippen LogP contribution < -0.4 is 15.9 Å². The second-order valence-corrected chi connectivity index (χ2v) is 18.2. The van der Waals surface area contributed by atoms with Gasteiger partial charge in [-0.3, -0.25) is 28.2 Å². The smallest absolute Gasteiger partial charge is 0.329 e. The quantitative estimate of drug-likeness (QED) is 0.0941. The van der Waals surface area contributed by atoms with Gasteiger partial charge in [0.05, 0.1) is 41.4 Å². The number of imidazole rings is 1. The lowest BCUT2D eigenvalue weighted by Gasteiger charge is -2.36. The number of aryl methyl sites for hydroxylation is 2. The molecule has 63 heavy (non-hydrogen) atoms. The molecule has 17 heteroatoms. The van der Waals surface area contributed by atoms with Crippen LogP contribution in [0, 0.1) is 11.8 Å². The number of Topliss-reactive ketones (excluding diaryl/α,β-unsaturated/α-hetero) is 2. The van der Waals surface area contributed by atoms with Gasteiger partial charge in [0.2, 0.25) is 0 Å². The van der Waals surface area contributed by atoms with E-state index in [0.29, 0.717) is 36.9 Å². The highest BCUT2D eigenvalue weighted by Gasteiger charge is 2.33.